The molecule has 0 bridgehead atoms. The topological polar surface area (TPSA) is 33.3 Å². The summed E-state index contributed by atoms with van der Waals surface area (Å²) in [5.74, 6) is 0.653. The maximum atomic E-state index is 12.7. The summed E-state index contributed by atoms with van der Waals surface area (Å²) in [6, 6.07) is 10.3. The monoisotopic (exact) mass is 340 g/mol. The lowest BCUT2D eigenvalue weighted by Crippen LogP contribution is -2.20. The van der Waals surface area contributed by atoms with E-state index in [1.165, 1.54) is 12.1 Å². The number of benzene rings is 2. The molecule has 3 nitrogen and oxygen atoms in total. The molecular weight excluding hydrogens is 325 g/mol. The summed E-state index contributed by atoms with van der Waals surface area (Å²) in [6.07, 6.45) is -4.39. The van der Waals surface area contributed by atoms with Crippen molar-refractivity contribution >= 4 is 28.7 Å². The lowest BCUT2D eigenvalue weighted by molar-refractivity contribution is -0.137. The van der Waals surface area contributed by atoms with Crippen molar-refractivity contribution in [2.75, 3.05) is 17.7 Å². The quantitative estimate of drug-likeness (QED) is 0.784. The first kappa shape index (κ1) is 17.1. The number of ether oxygens (including phenoxy) is 1. The van der Waals surface area contributed by atoms with Gasteiger partial charge in [-0.1, -0.05) is 12.1 Å². The van der Waals surface area contributed by atoms with Crippen LogP contribution in [0.3, 0.4) is 0 Å². The van der Waals surface area contributed by atoms with Crippen LogP contribution in [0.25, 0.3) is 0 Å². The Balaban J connectivity index is 2.11. The highest BCUT2D eigenvalue weighted by Crippen LogP contribution is 2.30. The third kappa shape index (κ3) is 4.59. The fraction of sp³-hybridized carbons (Fsp3) is 0.188. The predicted octanol–water partition coefficient (Wildman–Crippen LogP) is 4.83. The van der Waals surface area contributed by atoms with Crippen LogP contribution in [0.1, 0.15) is 11.1 Å². The average molecular weight is 340 g/mol. The summed E-state index contributed by atoms with van der Waals surface area (Å²) in [5.41, 5.74) is 1.17. The van der Waals surface area contributed by atoms with Gasteiger partial charge in [-0.05, 0) is 49.0 Å². The van der Waals surface area contributed by atoms with Crippen molar-refractivity contribution in [2.24, 2.45) is 0 Å². The van der Waals surface area contributed by atoms with E-state index >= 15 is 0 Å². The van der Waals surface area contributed by atoms with Crippen LogP contribution in [0.5, 0.6) is 5.75 Å². The SMILES string of the molecule is COc1ccc(C)c(NC(=S)Nc2cccc(C(F)(F)F)c2)c1. The van der Waals surface area contributed by atoms with Gasteiger partial charge in [-0.15, -0.1) is 0 Å². The molecule has 0 saturated carbocycles. The van der Waals surface area contributed by atoms with Crippen molar-refractivity contribution in [1.29, 1.82) is 0 Å². The van der Waals surface area contributed by atoms with Gasteiger partial charge in [-0.3, -0.25) is 0 Å². The zero-order chi connectivity index (χ0) is 17.0. The average Bonchev–Trinajstić information content (AvgIpc) is 2.49. The molecule has 7 heteroatoms. The van der Waals surface area contributed by atoms with E-state index in [2.05, 4.69) is 10.6 Å². The Morgan fingerprint density at radius 3 is 2.48 bits per heavy atom. The van der Waals surface area contributed by atoms with Gasteiger partial charge in [0.2, 0.25) is 0 Å². The molecule has 0 unspecified atom stereocenters. The molecule has 0 aromatic heterocycles. The fourth-order valence-electron chi connectivity index (χ4n) is 1.92. The van der Waals surface area contributed by atoms with E-state index in [0.717, 1.165) is 17.7 Å². The summed E-state index contributed by atoms with van der Waals surface area (Å²) >= 11 is 5.15. The van der Waals surface area contributed by atoms with Crippen molar-refractivity contribution in [3.63, 3.8) is 0 Å². The second-order valence-corrected chi connectivity index (χ2v) is 5.25. The first-order valence-corrected chi connectivity index (χ1v) is 7.10. The molecule has 2 N–H and O–H groups in total. The van der Waals surface area contributed by atoms with Crippen LogP contribution in [-0.4, -0.2) is 12.2 Å². The van der Waals surface area contributed by atoms with E-state index in [0.29, 0.717) is 11.4 Å². The van der Waals surface area contributed by atoms with Gasteiger partial charge in [0.25, 0.3) is 0 Å². The molecule has 0 heterocycles. The van der Waals surface area contributed by atoms with Gasteiger partial charge in [-0.25, -0.2) is 0 Å². The molecule has 0 aliphatic rings. The molecule has 0 radical (unpaired) electrons. The van der Waals surface area contributed by atoms with E-state index in [1.807, 2.05) is 19.1 Å². The van der Waals surface area contributed by atoms with Gasteiger partial charge in [0.05, 0.1) is 12.7 Å². The largest absolute Gasteiger partial charge is 0.497 e. The number of rotatable bonds is 3. The maximum Gasteiger partial charge on any atom is 0.416 e. The van der Waals surface area contributed by atoms with Crippen molar-refractivity contribution < 1.29 is 17.9 Å². The molecule has 0 atom stereocenters. The van der Waals surface area contributed by atoms with Gasteiger partial charge >= 0.3 is 6.18 Å². The van der Waals surface area contributed by atoms with Crippen LogP contribution < -0.4 is 15.4 Å². The Bertz CT molecular complexity index is 717. The highest BCUT2D eigenvalue weighted by atomic mass is 32.1. The van der Waals surface area contributed by atoms with E-state index in [1.54, 1.807) is 13.2 Å². The highest BCUT2D eigenvalue weighted by Gasteiger charge is 2.30. The van der Waals surface area contributed by atoms with Gasteiger partial charge in [0.15, 0.2) is 5.11 Å². The standard InChI is InChI=1S/C16H15F3N2OS/c1-10-6-7-13(22-2)9-14(10)21-15(23)20-12-5-3-4-11(8-12)16(17,18)19/h3-9H,1-2H3,(H2,20,21,23). The maximum absolute atomic E-state index is 12.7. The minimum absolute atomic E-state index is 0.195. The summed E-state index contributed by atoms with van der Waals surface area (Å²) in [4.78, 5) is 0. The van der Waals surface area contributed by atoms with Crippen molar-refractivity contribution in [3.05, 3.63) is 53.6 Å². The minimum atomic E-state index is -4.39. The molecule has 2 aromatic rings. The lowest BCUT2D eigenvalue weighted by Gasteiger charge is -2.14. The number of thiocarbonyl (C=S) groups is 1. The number of anilines is 2. The first-order valence-electron chi connectivity index (χ1n) is 6.69. The van der Waals surface area contributed by atoms with Crippen LogP contribution in [-0.2, 0) is 6.18 Å². The summed E-state index contributed by atoms with van der Waals surface area (Å²) in [7, 11) is 1.55. The van der Waals surface area contributed by atoms with E-state index in [-0.39, 0.29) is 10.8 Å². The minimum Gasteiger partial charge on any atom is -0.497 e. The Labute approximate surface area is 137 Å². The lowest BCUT2D eigenvalue weighted by atomic mass is 10.2. The van der Waals surface area contributed by atoms with Gasteiger partial charge in [0, 0.05) is 17.4 Å². The number of alkyl halides is 3. The molecule has 0 saturated heterocycles. The van der Waals surface area contributed by atoms with Crippen molar-refractivity contribution in [3.8, 4) is 5.75 Å². The van der Waals surface area contributed by atoms with Gasteiger partial charge < -0.3 is 15.4 Å². The van der Waals surface area contributed by atoms with E-state index in [9.17, 15) is 13.2 Å². The van der Waals surface area contributed by atoms with E-state index < -0.39 is 11.7 Å². The molecule has 0 fully saturated rings. The number of hydrogen-bond donors (Lipinski definition) is 2. The second-order valence-electron chi connectivity index (χ2n) is 4.84. The van der Waals surface area contributed by atoms with E-state index in [4.69, 9.17) is 17.0 Å². The third-order valence-corrected chi connectivity index (χ3v) is 3.34. The molecule has 2 rings (SSSR count). The number of methoxy groups -OCH3 is 1. The van der Waals surface area contributed by atoms with Crippen LogP contribution in [0.2, 0.25) is 0 Å². The number of aryl methyl sites for hydroxylation is 1. The van der Waals surface area contributed by atoms with Crippen LogP contribution in [0.15, 0.2) is 42.5 Å². The Morgan fingerprint density at radius 2 is 1.83 bits per heavy atom. The third-order valence-electron chi connectivity index (χ3n) is 3.14. The zero-order valence-corrected chi connectivity index (χ0v) is 13.3. The predicted molar refractivity (Wildman–Crippen MR) is 89.0 cm³/mol. The van der Waals surface area contributed by atoms with Crippen molar-refractivity contribution in [1.82, 2.24) is 0 Å². The molecule has 23 heavy (non-hydrogen) atoms. The first-order chi connectivity index (χ1) is 10.8. The Kier molecular flexibility index (Phi) is 5.10. The van der Waals surface area contributed by atoms with Crippen LogP contribution in [0.4, 0.5) is 24.5 Å². The number of nitrogens with one attached hydrogen (secondary N) is 2. The van der Waals surface area contributed by atoms with Gasteiger partial charge in [0.1, 0.15) is 5.75 Å². The normalized spacial score (nSPS) is 11.0. The molecule has 122 valence electrons. The molecule has 0 amide bonds. The molecule has 0 aliphatic carbocycles. The summed E-state index contributed by atoms with van der Waals surface area (Å²) in [6.45, 7) is 1.88. The summed E-state index contributed by atoms with van der Waals surface area (Å²) < 4.78 is 43.2. The molecular formula is C16H15F3N2OS. The highest BCUT2D eigenvalue weighted by molar-refractivity contribution is 7.80. The number of hydrogen-bond acceptors (Lipinski definition) is 2. The molecule has 0 spiro atoms. The zero-order valence-electron chi connectivity index (χ0n) is 12.5. The Hall–Kier alpha value is -2.28. The van der Waals surface area contributed by atoms with Crippen LogP contribution in [0, 0.1) is 6.92 Å². The van der Waals surface area contributed by atoms with Crippen LogP contribution >= 0.6 is 12.2 Å². The number of halogens is 3. The van der Waals surface area contributed by atoms with Gasteiger partial charge in [-0.2, -0.15) is 13.2 Å². The molecule has 0 aliphatic heterocycles. The summed E-state index contributed by atoms with van der Waals surface area (Å²) in [5, 5.41) is 5.89. The molecule has 2 aromatic carbocycles. The fourth-order valence-corrected chi connectivity index (χ4v) is 2.15. The smallest absolute Gasteiger partial charge is 0.416 e. The Morgan fingerprint density at radius 1 is 1.09 bits per heavy atom. The second kappa shape index (κ2) is 6.87. The van der Waals surface area contributed by atoms with Crippen molar-refractivity contribution in [2.45, 2.75) is 13.1 Å².